The highest BCUT2D eigenvalue weighted by Gasteiger charge is 2.50. The lowest BCUT2D eigenvalue weighted by Crippen LogP contribution is -2.51. The number of piperazine rings is 1. The number of aliphatic hydroxyl groups is 1. The van der Waals surface area contributed by atoms with Crippen molar-refractivity contribution in [3.63, 3.8) is 0 Å². The summed E-state index contributed by atoms with van der Waals surface area (Å²) in [6.07, 6.45) is 7.32. The first-order valence-electron chi connectivity index (χ1n) is 27.6. The summed E-state index contributed by atoms with van der Waals surface area (Å²) in [5.41, 5.74) is 6.21. The lowest BCUT2D eigenvalue weighted by molar-refractivity contribution is -0.141. The first-order chi connectivity index (χ1) is 37.7. The molecule has 0 aliphatic carbocycles. The van der Waals surface area contributed by atoms with Gasteiger partial charge in [-0.3, -0.25) is 19.5 Å². The summed E-state index contributed by atoms with van der Waals surface area (Å²) in [6.45, 7) is 12.7. The van der Waals surface area contributed by atoms with Crippen molar-refractivity contribution in [2.75, 3.05) is 44.3 Å². The normalized spacial score (nSPS) is 23.9. The Morgan fingerprint density at radius 2 is 1.81 bits per heavy atom. The van der Waals surface area contributed by atoms with Crippen LogP contribution >= 0.6 is 11.3 Å². The highest BCUT2D eigenvalue weighted by atomic mass is 32.1. The summed E-state index contributed by atoms with van der Waals surface area (Å²) in [6, 6.07) is 18.4. The van der Waals surface area contributed by atoms with Crippen LogP contribution in [0.4, 0.5) is 10.2 Å². The molecule has 5 saturated heterocycles. The van der Waals surface area contributed by atoms with Gasteiger partial charge in [0.2, 0.25) is 11.8 Å². The highest BCUT2D eigenvalue weighted by molar-refractivity contribution is 7.13. The first-order valence-corrected chi connectivity index (χ1v) is 28.5. The van der Waals surface area contributed by atoms with Crippen LogP contribution in [0.2, 0.25) is 0 Å². The molecule has 4 aromatic heterocycles. The van der Waals surface area contributed by atoms with Gasteiger partial charge in [-0.25, -0.2) is 9.37 Å². The number of halogens is 1. The number of β-amino-alcohol motifs (C(OH)–C–C–N with tert-alkyl or cyclic N) is 1. The highest BCUT2D eigenvalue weighted by Crippen LogP contribution is 2.44. The molecule has 5 fully saturated rings. The van der Waals surface area contributed by atoms with Crippen LogP contribution in [-0.4, -0.2) is 132 Å². The van der Waals surface area contributed by atoms with Crippen LogP contribution in [0.3, 0.4) is 0 Å². The van der Waals surface area contributed by atoms with Crippen LogP contribution in [0.15, 0.2) is 76.9 Å². The maximum atomic E-state index is 17.4. The molecular formula is C59H67FN10O7S. The predicted octanol–water partition coefficient (Wildman–Crippen LogP) is 8.65. The van der Waals surface area contributed by atoms with Gasteiger partial charge >= 0.3 is 6.01 Å². The van der Waals surface area contributed by atoms with E-state index in [0.717, 1.165) is 103 Å². The van der Waals surface area contributed by atoms with Crippen LogP contribution in [0, 0.1) is 18.7 Å². The molecular weight excluding hydrogens is 1010 g/mol. The fraction of sp³-hybridized carbons (Fsp3) is 0.475. The smallest absolute Gasteiger partial charge is 0.319 e. The number of nitrogens with one attached hydrogen (secondary N) is 2. The second kappa shape index (κ2) is 21.1. The number of phenolic OH excluding ortho intramolecular Hbond substituents is 1. The van der Waals surface area contributed by atoms with Crippen molar-refractivity contribution in [2.24, 2.45) is 5.92 Å². The predicted molar refractivity (Wildman–Crippen MR) is 295 cm³/mol. The minimum Gasteiger partial charge on any atom is -0.508 e. The van der Waals surface area contributed by atoms with Gasteiger partial charge in [0.05, 0.1) is 39.2 Å². The average molecular weight is 1080 g/mol. The van der Waals surface area contributed by atoms with Crippen molar-refractivity contribution in [2.45, 2.75) is 134 Å². The number of ether oxygens (including phenoxy) is 2. The molecule has 4 N–H and O–H groups in total. The number of pyridine rings is 1. The molecule has 2 bridgehead atoms. The van der Waals surface area contributed by atoms with Crippen LogP contribution in [0.5, 0.6) is 17.6 Å². The third-order valence-corrected chi connectivity index (χ3v) is 18.1. The number of phenols is 1. The SMILES string of the molecule is CCc1cccc2cc(O)cc(-c3ncc4c(N5CC6CCC(C5)N6)nc(OC[C@]56CCCN5[C@@H](COc5cc(C(C(=O)N7C[C@H](O)C[C@H]7C(=O)N[C@@H](C)c7ccc(-c8scnc8C)cc7)C(C)C)on5)CC6)nc4c3F)c12. The molecule has 78 heavy (non-hydrogen) atoms. The van der Waals surface area contributed by atoms with E-state index >= 15 is 4.39 Å². The van der Waals surface area contributed by atoms with Crippen LogP contribution in [0.25, 0.3) is 43.4 Å². The summed E-state index contributed by atoms with van der Waals surface area (Å²) in [4.78, 5) is 54.6. The molecule has 3 unspecified atom stereocenters. The second-order valence-electron chi connectivity index (χ2n) is 22.5. The van der Waals surface area contributed by atoms with E-state index < -0.39 is 23.9 Å². The minimum atomic E-state index is -0.865. The Morgan fingerprint density at radius 1 is 1.00 bits per heavy atom. The third kappa shape index (κ3) is 9.70. The number of carbonyl (C=O) groups is 2. The molecule has 0 saturated carbocycles. The van der Waals surface area contributed by atoms with Crippen molar-refractivity contribution < 1.29 is 38.2 Å². The van der Waals surface area contributed by atoms with Crippen molar-refractivity contribution in [1.29, 1.82) is 0 Å². The van der Waals surface area contributed by atoms with Gasteiger partial charge in [-0.05, 0) is 116 Å². The van der Waals surface area contributed by atoms with Crippen molar-refractivity contribution in [3.05, 3.63) is 101 Å². The zero-order valence-corrected chi connectivity index (χ0v) is 45.6. The van der Waals surface area contributed by atoms with Crippen LogP contribution < -0.4 is 25.0 Å². The molecule has 3 aromatic carbocycles. The first kappa shape index (κ1) is 51.9. The Morgan fingerprint density at radius 3 is 2.56 bits per heavy atom. The molecule has 5 aliphatic heterocycles. The Hall–Kier alpha value is -6.80. The third-order valence-electron chi connectivity index (χ3n) is 17.2. The molecule has 5 aliphatic rings. The Kier molecular flexibility index (Phi) is 14.1. The summed E-state index contributed by atoms with van der Waals surface area (Å²) in [5, 5.41) is 34.9. The van der Waals surface area contributed by atoms with Crippen LogP contribution in [0.1, 0.15) is 107 Å². The van der Waals surface area contributed by atoms with Gasteiger partial charge in [-0.15, -0.1) is 11.3 Å². The Balaban J connectivity index is 0.731. The molecule has 0 radical (unpaired) electrons. The number of carbonyl (C=O) groups excluding carboxylic acids is 2. The van der Waals surface area contributed by atoms with Gasteiger partial charge in [-0.2, -0.15) is 9.97 Å². The van der Waals surface area contributed by atoms with Gasteiger partial charge in [-0.1, -0.05) is 63.2 Å². The number of likely N-dealkylation sites (tertiary alicyclic amines) is 1. The van der Waals surface area contributed by atoms with Gasteiger partial charge < -0.3 is 44.6 Å². The number of nitrogens with zero attached hydrogens (tertiary/aromatic N) is 8. The molecule has 2 amide bonds. The van der Waals surface area contributed by atoms with E-state index in [1.54, 1.807) is 35.7 Å². The fourth-order valence-electron chi connectivity index (χ4n) is 13.2. The number of aryl methyl sites for hydroxylation is 2. The number of hydrogen-bond donors (Lipinski definition) is 4. The summed E-state index contributed by atoms with van der Waals surface area (Å²) < 4.78 is 36.2. The maximum Gasteiger partial charge on any atom is 0.319 e. The quantitative estimate of drug-likeness (QED) is 0.0715. The van der Waals surface area contributed by atoms with E-state index in [4.69, 9.17) is 28.9 Å². The molecule has 17 nitrogen and oxygen atoms in total. The number of thiazole rings is 1. The van der Waals surface area contributed by atoms with E-state index in [-0.39, 0.29) is 77.2 Å². The average Bonchev–Trinajstić information content (AvgIpc) is 4.42. The minimum absolute atomic E-state index is 0.0240. The van der Waals surface area contributed by atoms with Gasteiger partial charge in [0.15, 0.2) is 11.6 Å². The number of benzene rings is 3. The fourth-order valence-corrected chi connectivity index (χ4v) is 14.0. The van der Waals surface area contributed by atoms with E-state index in [1.807, 2.05) is 75.7 Å². The van der Waals surface area contributed by atoms with Gasteiger partial charge in [0, 0.05) is 62.0 Å². The topological polar surface area (TPSA) is 204 Å². The zero-order chi connectivity index (χ0) is 54.0. The number of hydrogen-bond acceptors (Lipinski definition) is 16. The number of fused-ring (bicyclic) bond motifs is 5. The Labute approximate surface area is 456 Å². The summed E-state index contributed by atoms with van der Waals surface area (Å²) in [7, 11) is 0. The standard InChI is InChI=1S/C59H67FN10O7S/c1-6-35-9-7-10-38-21-42(71)22-44(50(35)38)52-51(60)53-45(25-61-52)55(68-26-39-15-16-40(27-68)64-39)66-58(65-53)76-30-59-18-8-20-70(59)41(17-19-59)29-75-48-24-47(77-67-48)49(32(2)3)57(74)69-28-43(72)23-46(69)56(73)63-33(4)36-11-13-37(14-12-36)54-34(5)62-31-78-54/h7,9-14,21-22,24-25,31-33,39-41,43,46,49,64,71-72H,6,8,15-20,23,26-30H2,1-5H3,(H,63,73)/t33-,39?,40?,41+,43+,46-,49?,59+/m0/s1. The van der Waals surface area contributed by atoms with E-state index in [9.17, 15) is 19.8 Å². The molecule has 408 valence electrons. The number of aromatic hydroxyl groups is 1. The number of aromatic nitrogens is 5. The molecule has 12 rings (SSSR count). The molecule has 8 atom stereocenters. The van der Waals surface area contributed by atoms with Gasteiger partial charge in [0.25, 0.3) is 5.88 Å². The van der Waals surface area contributed by atoms with Crippen LogP contribution in [-0.2, 0) is 16.0 Å². The molecule has 9 heterocycles. The molecule has 19 heteroatoms. The van der Waals surface area contributed by atoms with E-state index in [1.165, 1.54) is 4.90 Å². The number of aliphatic hydroxyl groups excluding tert-OH is 1. The maximum absolute atomic E-state index is 17.4. The summed E-state index contributed by atoms with van der Waals surface area (Å²) in [5.74, 6) is -1.04. The summed E-state index contributed by atoms with van der Waals surface area (Å²) >= 11 is 1.58. The van der Waals surface area contributed by atoms with E-state index in [2.05, 4.69) is 37.5 Å². The lowest BCUT2D eigenvalue weighted by atomic mass is 9.91. The number of rotatable bonds is 16. The second-order valence-corrected chi connectivity index (χ2v) is 23.4. The van der Waals surface area contributed by atoms with E-state index in [0.29, 0.717) is 47.8 Å². The van der Waals surface area contributed by atoms with Crippen molar-refractivity contribution in [3.8, 4) is 39.3 Å². The van der Waals surface area contributed by atoms with Crippen molar-refractivity contribution in [1.82, 2.24) is 45.5 Å². The molecule has 7 aromatic rings. The zero-order valence-electron chi connectivity index (χ0n) is 44.7. The lowest BCUT2D eigenvalue weighted by Gasteiger charge is -2.35. The monoisotopic (exact) mass is 1080 g/mol. The largest absolute Gasteiger partial charge is 0.508 e. The Bertz CT molecular complexity index is 3380. The molecule has 0 spiro atoms. The van der Waals surface area contributed by atoms with Crippen molar-refractivity contribution >= 4 is 50.6 Å². The number of amides is 2. The number of anilines is 1. The van der Waals surface area contributed by atoms with Gasteiger partial charge in [0.1, 0.15) is 48.0 Å².